The fourth-order valence-corrected chi connectivity index (χ4v) is 6.20. The first-order valence-corrected chi connectivity index (χ1v) is 12.5. The van der Waals surface area contributed by atoms with Gasteiger partial charge in [-0.2, -0.15) is 4.98 Å². The van der Waals surface area contributed by atoms with Crippen molar-refractivity contribution in [3.8, 4) is 28.8 Å². The number of fused-ring (bicyclic) bond motifs is 4. The molecule has 1 aliphatic heterocycles. The first-order chi connectivity index (χ1) is 17.1. The van der Waals surface area contributed by atoms with E-state index in [2.05, 4.69) is 30.1 Å². The van der Waals surface area contributed by atoms with Gasteiger partial charge in [0.2, 0.25) is 5.88 Å². The van der Waals surface area contributed by atoms with E-state index in [1.165, 1.54) is 10.3 Å². The molecule has 1 unspecified atom stereocenters. The summed E-state index contributed by atoms with van der Waals surface area (Å²) in [6, 6.07) is 21.3. The molecule has 0 amide bonds. The number of nitrogens with one attached hydrogen (secondary N) is 1. The van der Waals surface area contributed by atoms with Crippen LogP contribution in [0.3, 0.4) is 0 Å². The number of benzene rings is 3. The van der Waals surface area contributed by atoms with Crippen LogP contribution < -0.4 is 15.0 Å². The van der Waals surface area contributed by atoms with Crippen LogP contribution >= 0.6 is 22.9 Å². The highest BCUT2D eigenvalue weighted by Crippen LogP contribution is 2.53. The molecule has 1 atom stereocenters. The van der Waals surface area contributed by atoms with Crippen molar-refractivity contribution < 1.29 is 9.47 Å². The average molecular weight is 501 g/mol. The van der Waals surface area contributed by atoms with E-state index in [1.54, 1.807) is 18.4 Å². The SMILES string of the molecule is CCc1cccc2c3c(sc12)C(c1ccc(Cl)cc1)c1c(nc(-c2ccc(OC)cc2)[nH]c1=O)O3. The minimum Gasteiger partial charge on any atom is -0.497 e. The van der Waals surface area contributed by atoms with Gasteiger partial charge >= 0.3 is 0 Å². The Balaban J connectivity index is 1.59. The van der Waals surface area contributed by atoms with Crippen LogP contribution in [0.5, 0.6) is 17.4 Å². The maximum atomic E-state index is 13.6. The molecule has 7 heteroatoms. The highest BCUT2D eigenvalue weighted by molar-refractivity contribution is 7.19. The number of aryl methyl sites for hydroxylation is 1. The summed E-state index contributed by atoms with van der Waals surface area (Å²) in [5.41, 5.74) is 3.27. The van der Waals surface area contributed by atoms with Crippen molar-refractivity contribution in [2.24, 2.45) is 0 Å². The summed E-state index contributed by atoms with van der Waals surface area (Å²) < 4.78 is 12.9. The van der Waals surface area contributed by atoms with Gasteiger partial charge in [0.05, 0.1) is 23.5 Å². The maximum Gasteiger partial charge on any atom is 0.259 e. The quantitative estimate of drug-likeness (QED) is 0.279. The summed E-state index contributed by atoms with van der Waals surface area (Å²) >= 11 is 7.87. The van der Waals surface area contributed by atoms with E-state index in [4.69, 9.17) is 26.1 Å². The Hall–Kier alpha value is -3.61. The molecule has 0 saturated heterocycles. The molecule has 0 radical (unpaired) electrons. The topological polar surface area (TPSA) is 64.2 Å². The molecule has 35 heavy (non-hydrogen) atoms. The number of rotatable bonds is 4. The van der Waals surface area contributed by atoms with Crippen LogP contribution in [0, 0.1) is 0 Å². The molecule has 3 aromatic carbocycles. The fraction of sp³-hybridized carbons (Fsp3) is 0.143. The third-order valence-corrected chi connectivity index (χ3v) is 7.97. The van der Waals surface area contributed by atoms with Crippen molar-refractivity contribution in [3.05, 3.63) is 104 Å². The number of halogens is 1. The van der Waals surface area contributed by atoms with E-state index in [0.29, 0.717) is 22.3 Å². The molecule has 0 saturated carbocycles. The summed E-state index contributed by atoms with van der Waals surface area (Å²) in [5.74, 6) is 1.96. The monoisotopic (exact) mass is 500 g/mol. The second-order valence-corrected chi connectivity index (χ2v) is 9.88. The minimum absolute atomic E-state index is 0.223. The number of methoxy groups -OCH3 is 1. The van der Waals surface area contributed by atoms with Gasteiger partial charge in [-0.15, -0.1) is 11.3 Å². The Labute approximate surface area is 211 Å². The summed E-state index contributed by atoms with van der Waals surface area (Å²) in [6.45, 7) is 2.15. The van der Waals surface area contributed by atoms with E-state index < -0.39 is 0 Å². The van der Waals surface area contributed by atoms with Crippen LogP contribution in [0.4, 0.5) is 0 Å². The van der Waals surface area contributed by atoms with Gasteiger partial charge in [0.25, 0.3) is 5.56 Å². The van der Waals surface area contributed by atoms with Gasteiger partial charge in [0.1, 0.15) is 11.6 Å². The summed E-state index contributed by atoms with van der Waals surface area (Å²) in [4.78, 5) is 22.3. The number of ether oxygens (including phenoxy) is 2. The Morgan fingerprint density at radius 1 is 1.09 bits per heavy atom. The van der Waals surface area contributed by atoms with Crippen LogP contribution in [0.15, 0.2) is 71.5 Å². The maximum absolute atomic E-state index is 13.6. The van der Waals surface area contributed by atoms with Crippen molar-refractivity contribution in [2.45, 2.75) is 19.3 Å². The predicted octanol–water partition coefficient (Wildman–Crippen LogP) is 7.16. The zero-order valence-corrected chi connectivity index (χ0v) is 20.7. The molecular formula is C28H21ClN2O3S. The molecule has 0 aliphatic carbocycles. The smallest absolute Gasteiger partial charge is 0.259 e. The number of nitrogens with zero attached hydrogens (tertiary/aromatic N) is 1. The van der Waals surface area contributed by atoms with E-state index in [1.807, 2.05) is 48.5 Å². The number of aromatic amines is 1. The van der Waals surface area contributed by atoms with Crippen molar-refractivity contribution >= 4 is 33.0 Å². The summed E-state index contributed by atoms with van der Waals surface area (Å²) in [7, 11) is 1.62. The van der Waals surface area contributed by atoms with Crippen molar-refractivity contribution in [3.63, 3.8) is 0 Å². The number of hydrogen-bond donors (Lipinski definition) is 1. The van der Waals surface area contributed by atoms with Gasteiger partial charge < -0.3 is 14.5 Å². The standard InChI is InChI=1S/C28H21ClN2O3S/c1-3-15-5-4-6-20-23-25(35-24(15)20)21(16-7-11-18(29)12-8-16)22-27(32)30-26(31-28(22)34-23)17-9-13-19(33-2)14-10-17/h4-14,21H,3H2,1-2H3,(H,30,31,32). The molecule has 1 aliphatic rings. The largest absolute Gasteiger partial charge is 0.497 e. The van der Waals surface area contributed by atoms with Gasteiger partial charge in [-0.3, -0.25) is 4.79 Å². The fourth-order valence-electron chi connectivity index (χ4n) is 4.63. The zero-order valence-electron chi connectivity index (χ0n) is 19.1. The third kappa shape index (κ3) is 3.61. The second kappa shape index (κ2) is 8.56. The first kappa shape index (κ1) is 21.9. The molecule has 0 spiro atoms. The predicted molar refractivity (Wildman–Crippen MR) is 141 cm³/mol. The van der Waals surface area contributed by atoms with Gasteiger partial charge in [-0.1, -0.05) is 42.8 Å². The molecular weight excluding hydrogens is 480 g/mol. The van der Waals surface area contributed by atoms with Crippen molar-refractivity contribution in [2.75, 3.05) is 7.11 Å². The van der Waals surface area contributed by atoms with Crippen LogP contribution in [0.1, 0.15) is 34.4 Å². The Kier molecular flexibility index (Phi) is 5.35. The molecule has 0 fully saturated rings. The van der Waals surface area contributed by atoms with E-state index in [9.17, 15) is 4.79 Å². The van der Waals surface area contributed by atoms with Crippen molar-refractivity contribution in [1.29, 1.82) is 0 Å². The first-order valence-electron chi connectivity index (χ1n) is 11.3. The average Bonchev–Trinajstić information content (AvgIpc) is 3.26. The molecule has 2 aromatic heterocycles. The van der Waals surface area contributed by atoms with Crippen molar-refractivity contribution in [1.82, 2.24) is 9.97 Å². The van der Waals surface area contributed by atoms with E-state index in [-0.39, 0.29) is 11.5 Å². The third-order valence-electron chi connectivity index (χ3n) is 6.39. The minimum atomic E-state index is -0.311. The van der Waals surface area contributed by atoms with Gasteiger partial charge in [-0.05, 0) is 60.0 Å². The van der Waals surface area contributed by atoms with Crippen LogP contribution in [-0.4, -0.2) is 17.1 Å². The number of H-pyrrole nitrogens is 1. The van der Waals surface area contributed by atoms with E-state index >= 15 is 0 Å². The molecule has 5 aromatic rings. The zero-order chi connectivity index (χ0) is 24.1. The van der Waals surface area contributed by atoms with Crippen LogP contribution in [0.2, 0.25) is 5.02 Å². The van der Waals surface area contributed by atoms with Gasteiger partial charge in [0, 0.05) is 20.7 Å². The molecule has 1 N–H and O–H groups in total. The van der Waals surface area contributed by atoms with Crippen LogP contribution in [-0.2, 0) is 6.42 Å². The Morgan fingerprint density at radius 3 is 2.57 bits per heavy atom. The molecule has 5 nitrogen and oxygen atoms in total. The number of hydrogen-bond acceptors (Lipinski definition) is 5. The van der Waals surface area contributed by atoms with Gasteiger partial charge in [0.15, 0.2) is 5.75 Å². The Morgan fingerprint density at radius 2 is 1.86 bits per heavy atom. The lowest BCUT2D eigenvalue weighted by Gasteiger charge is -2.25. The lowest BCUT2D eigenvalue weighted by Crippen LogP contribution is -2.23. The number of thiophene rings is 1. The lowest BCUT2D eigenvalue weighted by atomic mass is 9.89. The highest BCUT2D eigenvalue weighted by Gasteiger charge is 2.36. The highest BCUT2D eigenvalue weighted by atomic mass is 35.5. The summed E-state index contributed by atoms with van der Waals surface area (Å²) in [6.07, 6.45) is 0.912. The lowest BCUT2D eigenvalue weighted by molar-refractivity contribution is 0.415. The molecule has 174 valence electrons. The van der Waals surface area contributed by atoms with E-state index in [0.717, 1.165) is 39.3 Å². The normalized spacial score (nSPS) is 14.3. The Bertz CT molecular complexity index is 1620. The second-order valence-electron chi connectivity index (χ2n) is 8.39. The summed E-state index contributed by atoms with van der Waals surface area (Å²) in [5, 5.41) is 1.69. The van der Waals surface area contributed by atoms with Gasteiger partial charge in [-0.25, -0.2) is 0 Å². The van der Waals surface area contributed by atoms with Crippen LogP contribution in [0.25, 0.3) is 21.5 Å². The number of aromatic nitrogens is 2. The molecule has 0 bridgehead atoms. The molecule has 3 heterocycles. The molecule has 6 rings (SSSR count).